The molecule has 0 radical (unpaired) electrons. The summed E-state index contributed by atoms with van der Waals surface area (Å²) in [6.45, 7) is 4.44. The van der Waals surface area contributed by atoms with Crippen LogP contribution in [0.1, 0.15) is 25.8 Å². The fourth-order valence-corrected chi connectivity index (χ4v) is 4.48. The molecule has 1 aliphatic heterocycles. The van der Waals surface area contributed by atoms with Crippen molar-refractivity contribution < 1.29 is 8.42 Å². The second-order valence-corrected chi connectivity index (χ2v) is 7.75. The van der Waals surface area contributed by atoms with Gasteiger partial charge in [0.2, 0.25) is 0 Å². The monoisotopic (exact) mass is 267 g/mol. The smallest absolute Gasteiger partial charge is 0.155 e. The molecule has 1 N–H and O–H groups in total. The second kappa shape index (κ2) is 5.31. The number of aryl methyl sites for hydroxylation is 1. The molecule has 100 valence electrons. The average Bonchev–Trinajstić information content (AvgIpc) is 2.49. The average molecular weight is 267 g/mol. The highest BCUT2D eigenvalue weighted by Crippen LogP contribution is 2.24. The zero-order valence-corrected chi connectivity index (χ0v) is 11.8. The van der Waals surface area contributed by atoms with Crippen LogP contribution in [0, 0.1) is 5.92 Å². The lowest BCUT2D eigenvalue weighted by Crippen LogP contribution is -2.31. The van der Waals surface area contributed by atoms with Crippen LogP contribution in [0.2, 0.25) is 0 Å². The summed E-state index contributed by atoms with van der Waals surface area (Å²) >= 11 is 0. The normalized spacial score (nSPS) is 20.1. The van der Waals surface area contributed by atoms with Gasteiger partial charge in [-0.05, 0) is 30.4 Å². The third-order valence-corrected chi connectivity index (χ3v) is 5.90. The van der Waals surface area contributed by atoms with Crippen LogP contribution in [0.3, 0.4) is 0 Å². The van der Waals surface area contributed by atoms with E-state index in [0.29, 0.717) is 6.54 Å². The predicted molar refractivity (Wildman–Crippen MR) is 75.7 cm³/mol. The first-order valence-electron chi connectivity index (χ1n) is 6.52. The Balaban J connectivity index is 2.13. The Morgan fingerprint density at radius 1 is 1.33 bits per heavy atom. The minimum Gasteiger partial charge on any atom is -0.384 e. The number of rotatable bonds is 3. The topological polar surface area (TPSA) is 46.2 Å². The van der Waals surface area contributed by atoms with Gasteiger partial charge in [0.1, 0.15) is 0 Å². The van der Waals surface area contributed by atoms with E-state index in [0.717, 1.165) is 18.5 Å². The first-order valence-corrected chi connectivity index (χ1v) is 8.24. The maximum absolute atomic E-state index is 12.3. The summed E-state index contributed by atoms with van der Waals surface area (Å²) in [5.74, 6) is 0.482. The fraction of sp³-hybridized carbons (Fsp3) is 0.571. The second-order valence-electron chi connectivity index (χ2n) is 5.42. The zero-order chi connectivity index (χ0) is 13.2. The molecule has 0 bridgehead atoms. The van der Waals surface area contributed by atoms with Crippen molar-refractivity contribution in [1.29, 1.82) is 0 Å². The van der Waals surface area contributed by atoms with Gasteiger partial charge in [0.25, 0.3) is 0 Å². The Kier molecular flexibility index (Phi) is 3.95. The largest absolute Gasteiger partial charge is 0.384 e. The first-order chi connectivity index (χ1) is 8.49. The molecule has 2 rings (SSSR count). The minimum atomic E-state index is -2.99. The third kappa shape index (κ3) is 3.05. The van der Waals surface area contributed by atoms with Crippen molar-refractivity contribution in [1.82, 2.24) is 0 Å². The molecule has 1 heterocycles. The van der Waals surface area contributed by atoms with Gasteiger partial charge < -0.3 is 5.32 Å². The van der Waals surface area contributed by atoms with E-state index in [9.17, 15) is 8.42 Å². The highest BCUT2D eigenvalue weighted by Gasteiger charge is 2.28. The lowest BCUT2D eigenvalue weighted by Gasteiger charge is -2.17. The molecule has 0 amide bonds. The minimum absolute atomic E-state index is 0.195. The number of anilines is 1. The molecular weight excluding hydrogens is 246 g/mol. The summed E-state index contributed by atoms with van der Waals surface area (Å²) in [5, 5.41) is 3.02. The summed E-state index contributed by atoms with van der Waals surface area (Å²) in [5.41, 5.74) is 2.31. The van der Waals surface area contributed by atoms with E-state index < -0.39 is 9.84 Å². The molecule has 18 heavy (non-hydrogen) atoms. The van der Waals surface area contributed by atoms with Gasteiger partial charge in [-0.25, -0.2) is 8.42 Å². The molecule has 0 aliphatic carbocycles. The van der Waals surface area contributed by atoms with Crippen molar-refractivity contribution in [2.75, 3.05) is 17.6 Å². The summed E-state index contributed by atoms with van der Waals surface area (Å²) in [4.78, 5) is 0. The van der Waals surface area contributed by atoms with Crippen LogP contribution in [0.5, 0.6) is 0 Å². The van der Waals surface area contributed by atoms with Crippen molar-refractivity contribution in [2.45, 2.75) is 31.9 Å². The van der Waals surface area contributed by atoms with Gasteiger partial charge in [-0.3, -0.25) is 0 Å². The number of para-hydroxylation sites is 1. The van der Waals surface area contributed by atoms with Gasteiger partial charge in [-0.1, -0.05) is 32.0 Å². The fourth-order valence-electron chi connectivity index (χ4n) is 2.46. The maximum Gasteiger partial charge on any atom is 0.155 e. The van der Waals surface area contributed by atoms with Crippen LogP contribution in [-0.2, 0) is 16.3 Å². The number of nitrogens with one attached hydrogen (secondary N) is 1. The number of hydrogen-bond donors (Lipinski definition) is 1. The van der Waals surface area contributed by atoms with E-state index in [4.69, 9.17) is 0 Å². The van der Waals surface area contributed by atoms with Gasteiger partial charge in [-0.2, -0.15) is 0 Å². The molecule has 0 spiro atoms. The Labute approximate surface area is 110 Å². The molecule has 0 aromatic heterocycles. The molecular formula is C14H21NO2S. The van der Waals surface area contributed by atoms with Gasteiger partial charge in [-0.15, -0.1) is 0 Å². The Morgan fingerprint density at radius 3 is 2.78 bits per heavy atom. The Morgan fingerprint density at radius 2 is 2.06 bits per heavy atom. The number of hydrogen-bond acceptors (Lipinski definition) is 3. The molecule has 1 aromatic carbocycles. The van der Waals surface area contributed by atoms with E-state index in [1.165, 1.54) is 5.56 Å². The van der Waals surface area contributed by atoms with Crippen LogP contribution in [-0.4, -0.2) is 26.0 Å². The standard InChI is InChI=1S/C14H21NO2S/c1-11(2)10-18(16,17)13-8-7-12-5-3-4-6-14(12)15-9-13/h3-6,11,13,15H,7-10H2,1-2H3. The number of sulfone groups is 1. The van der Waals surface area contributed by atoms with Crippen molar-refractivity contribution in [2.24, 2.45) is 5.92 Å². The summed E-state index contributed by atoms with van der Waals surface area (Å²) < 4.78 is 24.5. The van der Waals surface area contributed by atoms with Gasteiger partial charge in [0.05, 0.1) is 11.0 Å². The molecule has 1 unspecified atom stereocenters. The SMILES string of the molecule is CC(C)CS(=O)(=O)C1CCc2ccccc2NC1. The molecule has 1 atom stereocenters. The van der Waals surface area contributed by atoms with Gasteiger partial charge in [0.15, 0.2) is 9.84 Å². The highest BCUT2D eigenvalue weighted by molar-refractivity contribution is 7.92. The van der Waals surface area contributed by atoms with Crippen molar-refractivity contribution >= 4 is 15.5 Å². The summed E-state index contributed by atoms with van der Waals surface area (Å²) in [6.07, 6.45) is 1.56. The lowest BCUT2D eigenvalue weighted by atomic mass is 10.1. The van der Waals surface area contributed by atoms with Crippen molar-refractivity contribution in [3.63, 3.8) is 0 Å². The lowest BCUT2D eigenvalue weighted by molar-refractivity contribution is 0.562. The molecule has 1 aromatic rings. The van der Waals surface area contributed by atoms with Crippen molar-refractivity contribution in [3.8, 4) is 0 Å². The van der Waals surface area contributed by atoms with E-state index in [-0.39, 0.29) is 16.9 Å². The number of fused-ring (bicyclic) bond motifs is 1. The van der Waals surface area contributed by atoms with Gasteiger partial charge in [0, 0.05) is 12.2 Å². The highest BCUT2D eigenvalue weighted by atomic mass is 32.2. The van der Waals surface area contributed by atoms with Crippen LogP contribution in [0.4, 0.5) is 5.69 Å². The van der Waals surface area contributed by atoms with E-state index in [1.54, 1.807) is 0 Å². The van der Waals surface area contributed by atoms with Crippen LogP contribution >= 0.6 is 0 Å². The van der Waals surface area contributed by atoms with Gasteiger partial charge >= 0.3 is 0 Å². The molecule has 0 saturated carbocycles. The summed E-state index contributed by atoms with van der Waals surface area (Å²) in [7, 11) is -2.99. The molecule has 0 fully saturated rings. The molecule has 4 heteroatoms. The third-order valence-electron chi connectivity index (χ3n) is 3.35. The van der Waals surface area contributed by atoms with Crippen LogP contribution in [0.15, 0.2) is 24.3 Å². The van der Waals surface area contributed by atoms with Crippen molar-refractivity contribution in [3.05, 3.63) is 29.8 Å². The zero-order valence-electron chi connectivity index (χ0n) is 11.0. The molecule has 1 aliphatic rings. The molecule has 3 nitrogen and oxygen atoms in total. The number of benzene rings is 1. The summed E-state index contributed by atoms with van der Waals surface area (Å²) in [6, 6.07) is 8.07. The first kappa shape index (κ1) is 13.4. The van der Waals surface area contributed by atoms with E-state index >= 15 is 0 Å². The van der Waals surface area contributed by atoms with Crippen LogP contribution < -0.4 is 5.32 Å². The Hall–Kier alpha value is -1.03. The molecule has 0 saturated heterocycles. The quantitative estimate of drug-likeness (QED) is 0.915. The predicted octanol–water partition coefficient (Wildman–Crippen LogP) is 2.48. The maximum atomic E-state index is 12.3. The van der Waals surface area contributed by atoms with E-state index in [1.807, 2.05) is 32.0 Å². The Bertz CT molecular complexity index is 481. The van der Waals surface area contributed by atoms with E-state index in [2.05, 4.69) is 11.4 Å². The van der Waals surface area contributed by atoms with Crippen LogP contribution in [0.25, 0.3) is 0 Å².